The Morgan fingerprint density at radius 2 is 0.950 bits per heavy atom. The van der Waals surface area contributed by atoms with Gasteiger partial charge in [0.2, 0.25) is 0 Å². The van der Waals surface area contributed by atoms with Crippen LogP contribution in [0, 0.1) is 0 Å². The maximum Gasteiger partial charge on any atom is 0.490 e. The van der Waals surface area contributed by atoms with E-state index in [0.717, 1.165) is 6.92 Å². The van der Waals surface area contributed by atoms with E-state index in [0.29, 0.717) is 0 Å². The molecule has 0 aliphatic carbocycles. The van der Waals surface area contributed by atoms with Gasteiger partial charge in [0.1, 0.15) is 5.97 Å². The van der Waals surface area contributed by atoms with Gasteiger partial charge >= 0.3 is 18.3 Å². The van der Waals surface area contributed by atoms with Gasteiger partial charge in [-0.3, -0.25) is 0 Å². The van der Waals surface area contributed by atoms with Crippen molar-refractivity contribution in [1.82, 2.24) is 12.3 Å². The van der Waals surface area contributed by atoms with Crippen LogP contribution >= 0.6 is 0 Å². The number of quaternary nitrogens is 2. The molecule has 0 radical (unpaired) electrons. The van der Waals surface area contributed by atoms with Crippen LogP contribution in [-0.2, 0) is 14.4 Å². The Kier molecular flexibility index (Phi) is 18.4. The molecule has 0 heterocycles. The topological polar surface area (TPSA) is 191 Å². The maximum atomic E-state index is 10.6. The van der Waals surface area contributed by atoms with Gasteiger partial charge in [-0.25, -0.2) is 4.79 Å². The van der Waals surface area contributed by atoms with E-state index in [1.165, 1.54) is 0 Å². The lowest BCUT2D eigenvalue weighted by Crippen LogP contribution is -2.37. The van der Waals surface area contributed by atoms with Gasteiger partial charge in [0.25, 0.3) is 0 Å². The maximum absolute atomic E-state index is 10.6. The zero-order valence-electron chi connectivity index (χ0n) is 10.3. The minimum absolute atomic E-state index is 0. The Bertz CT molecular complexity index is 273. The van der Waals surface area contributed by atoms with Crippen LogP contribution in [0.2, 0.25) is 0 Å². The molecule has 0 aliphatic heterocycles. The van der Waals surface area contributed by atoms with Crippen LogP contribution in [0.4, 0.5) is 26.3 Å². The highest BCUT2D eigenvalue weighted by atomic mass is 19.4. The zero-order chi connectivity index (χ0) is 15.7. The first-order valence-corrected chi connectivity index (χ1v) is 3.38. The molecule has 0 atom stereocenters. The predicted molar refractivity (Wildman–Crippen MR) is 47.4 cm³/mol. The van der Waals surface area contributed by atoms with Crippen LogP contribution in [0.1, 0.15) is 6.92 Å². The van der Waals surface area contributed by atoms with Crippen molar-refractivity contribution in [2.24, 2.45) is 0 Å². The SMILES string of the molecule is CC(=O)[O-].O=C(O)C(F)(F)F.O=C([O-])C(F)(F)F.[NH4+].[NH4+]. The van der Waals surface area contributed by atoms with Crippen molar-refractivity contribution < 1.29 is 56.0 Å². The van der Waals surface area contributed by atoms with Crippen molar-refractivity contribution in [3.05, 3.63) is 0 Å². The fraction of sp³-hybridized carbons (Fsp3) is 0.500. The standard InChI is InChI=1S/2C2HF3O2.C2H4O2.2H3N/c2*3-2(4,5)1(6)7;1-2(3)4;;/h2*(H,6,7);1H3,(H,3,4);2*1H3. The fourth-order valence-corrected chi connectivity index (χ4v) is 0. The number of rotatable bonds is 0. The molecule has 0 aliphatic rings. The Morgan fingerprint density at radius 1 is 0.850 bits per heavy atom. The van der Waals surface area contributed by atoms with Gasteiger partial charge < -0.3 is 37.2 Å². The summed E-state index contributed by atoms with van der Waals surface area (Å²) in [5.41, 5.74) is 0. The Balaban J connectivity index is -0.0000000555. The predicted octanol–water partition coefficient (Wildman–Crippen LogP) is -0.560. The number of halogens is 6. The first kappa shape index (κ1) is 30.7. The first-order chi connectivity index (χ1) is 7.62. The minimum atomic E-state index is -5.19. The highest BCUT2D eigenvalue weighted by Gasteiger charge is 2.38. The van der Waals surface area contributed by atoms with Crippen molar-refractivity contribution in [2.75, 3.05) is 0 Å². The summed E-state index contributed by atoms with van der Waals surface area (Å²) < 4.78 is 63.3. The smallest absolute Gasteiger partial charge is 0.490 e. The molecule has 0 saturated heterocycles. The van der Waals surface area contributed by atoms with E-state index < -0.39 is 30.3 Å². The van der Waals surface area contributed by atoms with Gasteiger partial charge in [-0.05, 0) is 6.92 Å². The number of carboxylic acids is 3. The summed E-state index contributed by atoms with van der Waals surface area (Å²) in [6, 6.07) is 0. The molecular formula is C6H12F6N2O6. The van der Waals surface area contributed by atoms with E-state index in [1.807, 2.05) is 0 Å². The number of carboxylic acid groups (broad SMARTS) is 3. The number of carbonyl (C=O) groups excluding carboxylic acids is 2. The molecule has 20 heavy (non-hydrogen) atoms. The van der Waals surface area contributed by atoms with Crippen molar-refractivity contribution in [2.45, 2.75) is 19.3 Å². The molecule has 0 amide bonds. The lowest BCUT2D eigenvalue weighted by atomic mass is 10.7. The highest BCUT2D eigenvalue weighted by Crippen LogP contribution is 2.13. The number of hydrogen-bond donors (Lipinski definition) is 3. The molecular weight excluding hydrogens is 310 g/mol. The lowest BCUT2D eigenvalue weighted by molar-refractivity contribution is -0.344. The van der Waals surface area contributed by atoms with Crippen molar-refractivity contribution >= 4 is 17.9 Å². The molecule has 0 fully saturated rings. The normalized spacial score (nSPS) is 9.15. The summed E-state index contributed by atoms with van der Waals surface area (Å²) in [7, 11) is 0. The van der Waals surface area contributed by atoms with Gasteiger partial charge in [-0.2, -0.15) is 26.3 Å². The summed E-state index contributed by atoms with van der Waals surface area (Å²) in [5, 5.41) is 24.8. The molecule has 14 heteroatoms. The monoisotopic (exact) mass is 322 g/mol. The van der Waals surface area contributed by atoms with Gasteiger partial charge in [0.05, 0.1) is 0 Å². The summed E-state index contributed by atoms with van der Waals surface area (Å²) >= 11 is 0. The largest absolute Gasteiger partial charge is 0.550 e. The van der Waals surface area contributed by atoms with Crippen molar-refractivity contribution in [1.29, 1.82) is 0 Å². The van der Waals surface area contributed by atoms with E-state index in [9.17, 15) is 26.3 Å². The van der Waals surface area contributed by atoms with E-state index in [-0.39, 0.29) is 12.3 Å². The Hall–Kier alpha value is -2.09. The van der Waals surface area contributed by atoms with Crippen LogP contribution in [-0.4, -0.2) is 35.4 Å². The third-order valence-electron chi connectivity index (χ3n) is 0.474. The van der Waals surface area contributed by atoms with Gasteiger partial charge in [-0.15, -0.1) is 0 Å². The molecule has 0 unspecified atom stereocenters. The van der Waals surface area contributed by atoms with Crippen molar-refractivity contribution in [3.8, 4) is 0 Å². The first-order valence-electron chi connectivity index (χ1n) is 3.38. The number of alkyl halides is 6. The fourth-order valence-electron chi connectivity index (χ4n) is 0. The highest BCUT2D eigenvalue weighted by molar-refractivity contribution is 5.73. The van der Waals surface area contributed by atoms with Gasteiger partial charge in [0.15, 0.2) is 0 Å². The molecule has 0 aromatic carbocycles. The van der Waals surface area contributed by atoms with Crippen LogP contribution < -0.4 is 22.5 Å². The van der Waals surface area contributed by atoms with Crippen LogP contribution in [0.5, 0.6) is 0 Å². The van der Waals surface area contributed by atoms with E-state index in [1.54, 1.807) is 0 Å². The molecule has 8 nitrogen and oxygen atoms in total. The molecule has 0 bridgehead atoms. The van der Waals surface area contributed by atoms with Crippen LogP contribution in [0.3, 0.4) is 0 Å². The van der Waals surface area contributed by atoms with Gasteiger partial charge in [-0.1, -0.05) is 0 Å². The second-order valence-electron chi connectivity index (χ2n) is 2.08. The second kappa shape index (κ2) is 12.0. The molecule has 0 spiro atoms. The van der Waals surface area contributed by atoms with E-state index >= 15 is 0 Å². The third kappa shape index (κ3) is 36.0. The molecule has 0 aromatic rings. The average Bonchev–Trinajstić information content (AvgIpc) is 1.99. The number of hydrogen-bond acceptors (Lipinski definition) is 5. The quantitative estimate of drug-likeness (QED) is 0.500. The summed E-state index contributed by atoms with van der Waals surface area (Å²) in [6.07, 6.45) is -10.3. The van der Waals surface area contributed by atoms with Crippen molar-refractivity contribution in [3.63, 3.8) is 0 Å². The van der Waals surface area contributed by atoms with Crippen LogP contribution in [0.15, 0.2) is 0 Å². The number of carbonyl (C=O) groups is 3. The average molecular weight is 322 g/mol. The van der Waals surface area contributed by atoms with E-state index in [2.05, 4.69) is 0 Å². The van der Waals surface area contributed by atoms with E-state index in [4.69, 9.17) is 29.7 Å². The molecule has 124 valence electrons. The molecule has 0 rings (SSSR count). The molecule has 0 aromatic heterocycles. The summed E-state index contributed by atoms with van der Waals surface area (Å²) in [4.78, 5) is 26.6. The lowest BCUT2D eigenvalue weighted by Gasteiger charge is -2.03. The Labute approximate surface area is 107 Å². The summed E-state index contributed by atoms with van der Waals surface area (Å²) in [6.45, 7) is 0.972. The third-order valence-corrected chi connectivity index (χ3v) is 0.474. The van der Waals surface area contributed by atoms with Gasteiger partial charge in [0, 0.05) is 5.97 Å². The summed E-state index contributed by atoms with van der Waals surface area (Å²) in [5.74, 6) is -6.85. The molecule has 0 saturated carbocycles. The second-order valence-corrected chi connectivity index (χ2v) is 2.08. The Morgan fingerprint density at radius 3 is 0.950 bits per heavy atom. The minimum Gasteiger partial charge on any atom is -0.550 e. The molecule has 9 N–H and O–H groups in total. The zero-order valence-corrected chi connectivity index (χ0v) is 10.3. The number of aliphatic carboxylic acids is 3. The van der Waals surface area contributed by atoms with Crippen LogP contribution in [0.25, 0.3) is 0 Å².